The second-order valence-electron chi connectivity index (χ2n) is 30.8. The number of nitrogens with two attached hydrogens (primary N) is 1. The molecule has 0 aromatic carbocycles. The Labute approximate surface area is 488 Å². The van der Waals surface area contributed by atoms with Crippen molar-refractivity contribution < 1.29 is 29.2 Å². The van der Waals surface area contributed by atoms with Crippen molar-refractivity contribution in [3.05, 3.63) is 29.9 Å². The molecule has 0 saturated heterocycles. The van der Waals surface area contributed by atoms with Crippen molar-refractivity contribution in [1.29, 1.82) is 0 Å². The van der Waals surface area contributed by atoms with Crippen molar-refractivity contribution in [3.63, 3.8) is 0 Å². The quantitative estimate of drug-likeness (QED) is 0.0300. The summed E-state index contributed by atoms with van der Waals surface area (Å²) in [6, 6.07) is 0.0186. The number of nitrogens with one attached hydrogen (secondary N) is 2. The number of allylic oxidation sites excluding steroid dienone is 1. The minimum absolute atomic E-state index is 0.0186. The molecule has 1 aromatic heterocycles. The van der Waals surface area contributed by atoms with Crippen LogP contribution in [0.2, 0.25) is 0 Å². The van der Waals surface area contributed by atoms with Crippen LogP contribution in [0.15, 0.2) is 24.2 Å². The number of esters is 1. The molecule has 11 unspecified atom stereocenters. The number of hydrogen-bond acceptors (Lipinski definition) is 9. The fourth-order valence-corrected chi connectivity index (χ4v) is 21.3. The molecule has 7 fully saturated rings. The highest BCUT2D eigenvalue weighted by molar-refractivity contribution is 5.70. The largest absolute Gasteiger partial charge is 0.462 e. The molecule has 0 aliphatic heterocycles. The van der Waals surface area contributed by atoms with E-state index in [1.54, 1.807) is 18.1 Å². The van der Waals surface area contributed by atoms with Crippen LogP contribution in [-0.2, 0) is 25.4 Å². The molecule has 0 radical (unpaired) electrons. The van der Waals surface area contributed by atoms with Gasteiger partial charge in [-0.15, -0.1) is 0 Å². The summed E-state index contributed by atoms with van der Waals surface area (Å²) in [4.78, 5) is 20.0. The molecular formula is C70H120N4O6. The molecule has 8 aliphatic carbocycles. The van der Waals surface area contributed by atoms with Gasteiger partial charge in [0.25, 0.3) is 0 Å². The molecular weight excluding hydrogens is 993 g/mol. The maximum Gasteiger partial charge on any atom is 0.306 e. The number of hydrogen-bond donors (Lipinski definition) is 5. The summed E-state index contributed by atoms with van der Waals surface area (Å²) in [7, 11) is 0. The van der Waals surface area contributed by atoms with Gasteiger partial charge in [0.15, 0.2) is 0 Å². The molecule has 10 heteroatoms. The van der Waals surface area contributed by atoms with E-state index in [9.17, 15) is 15.0 Å². The summed E-state index contributed by atoms with van der Waals surface area (Å²) in [6.07, 6.45) is 38.3. The number of aromatic nitrogens is 2. The predicted octanol–water partition coefficient (Wildman–Crippen LogP) is 14.8. The molecule has 456 valence electrons. The summed E-state index contributed by atoms with van der Waals surface area (Å²) >= 11 is 0. The first-order chi connectivity index (χ1) is 38.3. The summed E-state index contributed by atoms with van der Waals surface area (Å²) in [5.41, 5.74) is 8.81. The van der Waals surface area contributed by atoms with E-state index < -0.39 is 11.7 Å². The fourth-order valence-electron chi connectivity index (χ4n) is 21.3. The number of aryl methyl sites for hydroxylation is 1. The number of carbonyl (C=O) groups is 1. The van der Waals surface area contributed by atoms with Gasteiger partial charge >= 0.3 is 5.97 Å². The number of ether oxygens (including phenoxy) is 3. The van der Waals surface area contributed by atoms with E-state index >= 15 is 0 Å². The minimum Gasteiger partial charge on any atom is -0.462 e. The van der Waals surface area contributed by atoms with E-state index in [0.29, 0.717) is 54.4 Å². The van der Waals surface area contributed by atoms with Crippen LogP contribution in [0.3, 0.4) is 0 Å². The average Bonchev–Trinajstić information content (AvgIpc) is 4.17. The fraction of sp³-hybridized carbons (Fsp3) is 0.914. The van der Waals surface area contributed by atoms with Gasteiger partial charge in [-0.2, -0.15) is 0 Å². The number of rotatable bonds is 29. The molecule has 0 amide bonds. The molecule has 9 rings (SSSR count). The zero-order valence-corrected chi connectivity index (χ0v) is 52.6. The monoisotopic (exact) mass is 1110 g/mol. The Bertz CT molecular complexity index is 2120. The number of fused-ring (bicyclic) bond motifs is 10. The zero-order valence-electron chi connectivity index (χ0n) is 52.6. The highest BCUT2D eigenvalue weighted by Gasteiger charge is 2.68. The van der Waals surface area contributed by atoms with Gasteiger partial charge in [-0.05, 0) is 229 Å². The predicted molar refractivity (Wildman–Crippen MR) is 325 cm³/mol. The van der Waals surface area contributed by atoms with Crippen LogP contribution >= 0.6 is 0 Å². The number of unbranched alkanes of at least 4 members (excludes halogenated alkanes) is 1. The van der Waals surface area contributed by atoms with Gasteiger partial charge in [0.1, 0.15) is 6.10 Å². The lowest BCUT2D eigenvalue weighted by molar-refractivity contribution is -0.234. The second-order valence-corrected chi connectivity index (χ2v) is 30.8. The SMILES string of the molecule is CC(C)CCC[C@@H](C)[C@H]1CC[C@H]2C3CC(NCCCOCCCCOC(CCN)CC(C)CCC[C@@H](C)C4CC[C@H]5C6CC=C7CC(OC(=O)CCc8cnc[nH]8)CCC7(C)[C@H]6CCC45C)[C@@]4(O)C[C@@H](O)CCC4(C)[C@H]3CCC12C. The number of carbonyl (C=O) groups excluding carboxylic acids is 1. The van der Waals surface area contributed by atoms with Gasteiger partial charge in [0.05, 0.1) is 30.6 Å². The molecule has 80 heavy (non-hydrogen) atoms. The number of H-pyrrole nitrogens is 1. The topological polar surface area (TPSA) is 152 Å². The maximum absolute atomic E-state index is 12.8. The van der Waals surface area contributed by atoms with Crippen molar-refractivity contribution in [2.24, 2.45) is 98.4 Å². The molecule has 6 N–H and O–H groups in total. The van der Waals surface area contributed by atoms with Crippen LogP contribution in [-0.4, -0.2) is 89.0 Å². The highest BCUT2D eigenvalue weighted by Crippen LogP contribution is 2.70. The third kappa shape index (κ3) is 13.4. The van der Waals surface area contributed by atoms with Crippen molar-refractivity contribution >= 4 is 5.97 Å². The highest BCUT2D eigenvalue weighted by atomic mass is 16.5. The lowest BCUT2D eigenvalue weighted by atomic mass is 9.42. The van der Waals surface area contributed by atoms with Crippen LogP contribution in [0.25, 0.3) is 0 Å². The lowest BCUT2D eigenvalue weighted by Crippen LogP contribution is -2.71. The normalized spacial score (nSPS) is 39.9. The molecule has 1 heterocycles. The standard InChI is InChI=1S/C70H120N4O6/c1-47(2)15-12-17-49(4)59-23-25-61-57-43-64(70(77)44-53(75)27-35-69(70,9)63(57)30-34-68(59,61)8)73-37-14-39-78-38-10-11-40-79-54(31-36-71)41-48(3)16-13-18-50(5)58-22-24-60-56-21-19-51-42-55(80-65(76)26-20-52-45-72-46-74-52)28-32-66(51,6)62(56)29-33-67(58,60)7/h19,45-50,53-64,73,75,77H,10-18,20-44,71H2,1-9H3,(H,72,74)/t48?,49-,50-,53+,54?,55?,56?,57?,58?,59-,60+,61+,62+,63+,64?,66?,67?,68?,69?,70+/m1/s1. The molecule has 20 atom stereocenters. The second kappa shape index (κ2) is 27.3. The third-order valence-electron chi connectivity index (χ3n) is 25.7. The van der Waals surface area contributed by atoms with Crippen LogP contribution in [0, 0.1) is 92.7 Å². The van der Waals surface area contributed by atoms with E-state index in [1.807, 2.05) is 0 Å². The van der Waals surface area contributed by atoms with Gasteiger partial charge in [0, 0.05) is 56.0 Å². The summed E-state index contributed by atoms with van der Waals surface area (Å²) in [5, 5.41) is 27.8. The van der Waals surface area contributed by atoms with Gasteiger partial charge in [-0.3, -0.25) is 4.79 Å². The van der Waals surface area contributed by atoms with Gasteiger partial charge in [-0.1, -0.05) is 112 Å². The summed E-state index contributed by atoms with van der Waals surface area (Å²) in [6.45, 7) is 26.5. The average molecular weight is 1110 g/mol. The minimum atomic E-state index is -0.872. The summed E-state index contributed by atoms with van der Waals surface area (Å²) < 4.78 is 18.8. The Balaban J connectivity index is 0.651. The van der Waals surface area contributed by atoms with E-state index in [-0.39, 0.29) is 35.0 Å². The molecule has 0 spiro atoms. The van der Waals surface area contributed by atoms with Crippen molar-refractivity contribution in [2.75, 3.05) is 32.9 Å². The number of nitrogens with zero attached hydrogens (tertiary/aromatic N) is 1. The van der Waals surface area contributed by atoms with E-state index in [2.05, 4.69) is 83.7 Å². The maximum atomic E-state index is 12.8. The van der Waals surface area contributed by atoms with Crippen LogP contribution in [0.4, 0.5) is 0 Å². The Morgan fingerprint density at radius 2 is 1.46 bits per heavy atom. The lowest BCUT2D eigenvalue weighted by Gasteiger charge is -2.66. The molecule has 1 aromatic rings. The smallest absolute Gasteiger partial charge is 0.306 e. The Morgan fingerprint density at radius 3 is 2.16 bits per heavy atom. The number of aliphatic hydroxyl groups excluding tert-OH is 1. The number of imidazole rings is 1. The zero-order chi connectivity index (χ0) is 56.9. The Kier molecular flexibility index (Phi) is 21.4. The van der Waals surface area contributed by atoms with Crippen LogP contribution < -0.4 is 11.1 Å². The first-order valence-corrected chi connectivity index (χ1v) is 34.2. The Hall–Kier alpha value is -1.82. The van der Waals surface area contributed by atoms with Gasteiger partial charge in [0.2, 0.25) is 0 Å². The molecule has 7 saturated carbocycles. The van der Waals surface area contributed by atoms with Crippen LogP contribution in [0.1, 0.15) is 248 Å². The molecule has 0 bridgehead atoms. The van der Waals surface area contributed by atoms with Gasteiger partial charge < -0.3 is 40.5 Å². The van der Waals surface area contributed by atoms with Crippen molar-refractivity contribution in [1.82, 2.24) is 15.3 Å². The molecule has 8 aliphatic rings. The third-order valence-corrected chi connectivity index (χ3v) is 25.7. The first-order valence-electron chi connectivity index (χ1n) is 34.2. The molecule has 10 nitrogen and oxygen atoms in total. The number of aliphatic hydroxyl groups is 2. The van der Waals surface area contributed by atoms with Crippen molar-refractivity contribution in [3.8, 4) is 0 Å². The number of aromatic amines is 1. The van der Waals surface area contributed by atoms with E-state index in [4.69, 9.17) is 19.9 Å². The van der Waals surface area contributed by atoms with Gasteiger partial charge in [-0.25, -0.2) is 4.98 Å². The van der Waals surface area contributed by atoms with E-state index in [1.165, 1.54) is 96.3 Å². The van der Waals surface area contributed by atoms with Crippen LogP contribution in [0.5, 0.6) is 0 Å². The van der Waals surface area contributed by atoms with E-state index in [0.717, 1.165) is 156 Å². The summed E-state index contributed by atoms with van der Waals surface area (Å²) in [5.74, 6) is 8.88. The van der Waals surface area contributed by atoms with Crippen molar-refractivity contribution in [2.45, 2.75) is 278 Å². The first kappa shape index (κ1) is 62.7. The Morgan fingerprint density at radius 1 is 0.775 bits per heavy atom.